The van der Waals surface area contributed by atoms with E-state index >= 15 is 0 Å². The van der Waals surface area contributed by atoms with E-state index in [1.165, 1.54) is 0 Å². The molecule has 1 heterocycles. The van der Waals surface area contributed by atoms with Crippen molar-refractivity contribution in [2.75, 3.05) is 26.7 Å². The molecule has 0 aromatic heterocycles. The largest absolute Gasteiger partial charge is 0.466 e. The first kappa shape index (κ1) is 15.7. The van der Waals surface area contributed by atoms with Crippen LogP contribution in [0, 0.1) is 5.92 Å². The zero-order chi connectivity index (χ0) is 14.5. The van der Waals surface area contributed by atoms with Crippen molar-refractivity contribution < 1.29 is 14.6 Å². The number of nitrogens with one attached hydrogen (secondary N) is 1. The van der Waals surface area contributed by atoms with Crippen LogP contribution >= 0.6 is 0 Å². The van der Waals surface area contributed by atoms with Crippen LogP contribution in [-0.2, 0) is 9.53 Å². The van der Waals surface area contributed by atoms with Crippen molar-refractivity contribution in [2.24, 2.45) is 5.92 Å². The Morgan fingerprint density at radius 2 is 2.00 bits per heavy atom. The zero-order valence-corrected chi connectivity index (χ0v) is 12.7. The normalized spacial score (nSPS) is 33.0. The number of ether oxygens (including phenoxy) is 1. The lowest BCUT2D eigenvalue weighted by Gasteiger charge is -2.43. The van der Waals surface area contributed by atoms with Gasteiger partial charge in [0.25, 0.3) is 0 Å². The van der Waals surface area contributed by atoms with E-state index in [-0.39, 0.29) is 30.1 Å². The predicted molar refractivity (Wildman–Crippen MR) is 77.4 cm³/mol. The van der Waals surface area contributed by atoms with Gasteiger partial charge in [-0.25, -0.2) is 0 Å². The molecule has 0 bridgehead atoms. The molecule has 116 valence electrons. The first-order chi connectivity index (χ1) is 9.67. The summed E-state index contributed by atoms with van der Waals surface area (Å²) in [5, 5.41) is 13.7. The van der Waals surface area contributed by atoms with Gasteiger partial charge in [-0.05, 0) is 52.7 Å². The molecule has 2 fully saturated rings. The lowest BCUT2D eigenvalue weighted by molar-refractivity contribution is -0.150. The maximum Gasteiger partial charge on any atom is 0.309 e. The molecule has 3 atom stereocenters. The van der Waals surface area contributed by atoms with Crippen molar-refractivity contribution in [3.05, 3.63) is 0 Å². The fraction of sp³-hybridized carbons (Fsp3) is 0.933. The van der Waals surface area contributed by atoms with Gasteiger partial charge in [0.05, 0.1) is 18.6 Å². The molecular weight excluding hydrogens is 256 g/mol. The molecule has 1 aliphatic carbocycles. The first-order valence-corrected chi connectivity index (χ1v) is 7.93. The number of carbonyl (C=O) groups excluding carboxylic acids is 1. The fourth-order valence-corrected chi connectivity index (χ4v) is 3.60. The average molecular weight is 284 g/mol. The minimum absolute atomic E-state index is 0.0482. The second-order valence-corrected chi connectivity index (χ2v) is 5.95. The van der Waals surface area contributed by atoms with E-state index in [4.69, 9.17) is 4.74 Å². The first-order valence-electron chi connectivity index (χ1n) is 7.93. The minimum atomic E-state index is -0.298. The zero-order valence-electron chi connectivity index (χ0n) is 12.7. The highest BCUT2D eigenvalue weighted by atomic mass is 16.5. The van der Waals surface area contributed by atoms with Gasteiger partial charge < -0.3 is 15.2 Å². The van der Waals surface area contributed by atoms with Gasteiger partial charge >= 0.3 is 5.97 Å². The Bertz CT molecular complexity index is 316. The topological polar surface area (TPSA) is 61.8 Å². The second kappa shape index (κ2) is 7.38. The summed E-state index contributed by atoms with van der Waals surface area (Å²) in [7, 11) is 1.92. The molecular formula is C15H28N2O3. The monoisotopic (exact) mass is 284 g/mol. The van der Waals surface area contributed by atoms with E-state index in [1.807, 2.05) is 14.0 Å². The van der Waals surface area contributed by atoms with Crippen molar-refractivity contribution >= 4 is 5.97 Å². The Morgan fingerprint density at radius 1 is 1.30 bits per heavy atom. The van der Waals surface area contributed by atoms with Crippen molar-refractivity contribution in [2.45, 2.75) is 57.2 Å². The Hall–Kier alpha value is -0.650. The van der Waals surface area contributed by atoms with Crippen LogP contribution < -0.4 is 5.32 Å². The molecule has 5 heteroatoms. The molecule has 1 saturated heterocycles. The molecule has 0 radical (unpaired) electrons. The highest BCUT2D eigenvalue weighted by Crippen LogP contribution is 2.28. The van der Waals surface area contributed by atoms with Crippen LogP contribution in [0.3, 0.4) is 0 Å². The van der Waals surface area contributed by atoms with E-state index < -0.39 is 0 Å². The van der Waals surface area contributed by atoms with Crippen LogP contribution in [0.1, 0.15) is 39.0 Å². The van der Waals surface area contributed by atoms with Crippen LogP contribution in [0.15, 0.2) is 0 Å². The van der Waals surface area contributed by atoms with Crippen molar-refractivity contribution in [3.63, 3.8) is 0 Å². The third-order valence-electron chi connectivity index (χ3n) is 4.81. The number of rotatable bonds is 4. The van der Waals surface area contributed by atoms with Gasteiger partial charge in [-0.3, -0.25) is 9.69 Å². The van der Waals surface area contributed by atoms with Crippen LogP contribution in [0.2, 0.25) is 0 Å². The van der Waals surface area contributed by atoms with Crippen molar-refractivity contribution in [1.29, 1.82) is 0 Å². The Morgan fingerprint density at radius 3 is 2.60 bits per heavy atom. The summed E-state index contributed by atoms with van der Waals surface area (Å²) in [5.74, 6) is -0.00326. The lowest BCUT2D eigenvalue weighted by Crippen LogP contribution is -2.56. The number of aliphatic hydroxyl groups is 1. The number of likely N-dealkylation sites (N-methyl/N-ethyl adjacent to an activating group) is 1. The highest BCUT2D eigenvalue weighted by Gasteiger charge is 2.37. The van der Waals surface area contributed by atoms with E-state index in [1.54, 1.807) is 0 Å². The third kappa shape index (κ3) is 3.51. The minimum Gasteiger partial charge on any atom is -0.466 e. The van der Waals surface area contributed by atoms with Gasteiger partial charge in [0.1, 0.15) is 0 Å². The van der Waals surface area contributed by atoms with Gasteiger partial charge in [0, 0.05) is 12.1 Å². The standard InChI is InChI=1S/C15H28N2O3/c1-3-20-15(19)11-7-9-17(10-8-11)13-6-4-5-12(16-2)14(13)18/h11-14,16,18H,3-10H2,1-2H3/t12-,13+,14+/m1/s1. The number of hydrogen-bond donors (Lipinski definition) is 2. The van der Waals surface area contributed by atoms with E-state index in [0.29, 0.717) is 6.61 Å². The Balaban J connectivity index is 1.85. The molecule has 0 spiro atoms. The van der Waals surface area contributed by atoms with Crippen molar-refractivity contribution in [3.8, 4) is 0 Å². The summed E-state index contributed by atoms with van der Waals surface area (Å²) in [6.07, 6.45) is 4.67. The quantitative estimate of drug-likeness (QED) is 0.747. The molecule has 20 heavy (non-hydrogen) atoms. The number of aliphatic hydroxyl groups excluding tert-OH is 1. The van der Waals surface area contributed by atoms with Gasteiger partial charge in [-0.2, -0.15) is 0 Å². The number of nitrogens with zero attached hydrogens (tertiary/aromatic N) is 1. The lowest BCUT2D eigenvalue weighted by atomic mass is 9.85. The predicted octanol–water partition coefficient (Wildman–Crippen LogP) is 0.763. The summed E-state index contributed by atoms with van der Waals surface area (Å²) in [5.41, 5.74) is 0. The molecule has 2 aliphatic rings. The second-order valence-electron chi connectivity index (χ2n) is 5.95. The number of hydrogen-bond acceptors (Lipinski definition) is 5. The number of esters is 1. The van der Waals surface area contributed by atoms with Crippen LogP contribution in [0.5, 0.6) is 0 Å². The molecule has 0 aromatic carbocycles. The molecule has 1 saturated carbocycles. The fourth-order valence-electron chi connectivity index (χ4n) is 3.60. The number of carbonyl (C=O) groups is 1. The molecule has 2 N–H and O–H groups in total. The summed E-state index contributed by atoms with van der Waals surface area (Å²) in [4.78, 5) is 14.1. The smallest absolute Gasteiger partial charge is 0.309 e. The van der Waals surface area contributed by atoms with Gasteiger partial charge in [-0.15, -0.1) is 0 Å². The number of piperidine rings is 1. The van der Waals surface area contributed by atoms with Crippen LogP contribution in [0.25, 0.3) is 0 Å². The Labute approximate surface area is 121 Å². The SMILES string of the molecule is CCOC(=O)C1CCN([C@H]2CCC[C@@H](NC)[C@@H]2O)CC1. The van der Waals surface area contributed by atoms with Crippen LogP contribution in [-0.4, -0.2) is 60.9 Å². The average Bonchev–Trinajstić information content (AvgIpc) is 2.48. The highest BCUT2D eigenvalue weighted by molar-refractivity contribution is 5.72. The summed E-state index contributed by atoms with van der Waals surface area (Å²) in [6.45, 7) is 4.09. The van der Waals surface area contributed by atoms with Gasteiger partial charge in [0.15, 0.2) is 0 Å². The molecule has 0 aromatic rings. The number of likely N-dealkylation sites (tertiary alicyclic amines) is 1. The van der Waals surface area contributed by atoms with E-state index in [9.17, 15) is 9.90 Å². The summed E-state index contributed by atoms with van der Waals surface area (Å²) < 4.78 is 5.10. The van der Waals surface area contributed by atoms with Crippen molar-refractivity contribution in [1.82, 2.24) is 10.2 Å². The molecule has 5 nitrogen and oxygen atoms in total. The third-order valence-corrected chi connectivity index (χ3v) is 4.81. The maximum absolute atomic E-state index is 11.7. The molecule has 0 unspecified atom stereocenters. The molecule has 2 rings (SSSR count). The van der Waals surface area contributed by atoms with E-state index in [2.05, 4.69) is 10.2 Å². The Kier molecular flexibility index (Phi) is 5.81. The summed E-state index contributed by atoms with van der Waals surface area (Å²) in [6, 6.07) is 0.445. The van der Waals surface area contributed by atoms with Crippen LogP contribution in [0.4, 0.5) is 0 Å². The molecule has 1 aliphatic heterocycles. The van der Waals surface area contributed by atoms with Gasteiger partial charge in [-0.1, -0.05) is 6.42 Å². The molecule has 0 amide bonds. The van der Waals surface area contributed by atoms with Gasteiger partial charge in [0.2, 0.25) is 0 Å². The van der Waals surface area contributed by atoms with E-state index in [0.717, 1.165) is 45.2 Å². The maximum atomic E-state index is 11.7. The summed E-state index contributed by atoms with van der Waals surface area (Å²) >= 11 is 0.